The Kier molecular flexibility index (Phi) is 3.77. The lowest BCUT2D eigenvalue weighted by atomic mass is 10.1. The molecule has 4 nitrogen and oxygen atoms in total. The number of pyridine rings is 1. The molecule has 4 heteroatoms. The van der Waals surface area contributed by atoms with Crippen LogP contribution >= 0.6 is 0 Å². The van der Waals surface area contributed by atoms with Gasteiger partial charge in [0, 0.05) is 22.7 Å². The van der Waals surface area contributed by atoms with Crippen molar-refractivity contribution in [2.45, 2.75) is 26.2 Å². The van der Waals surface area contributed by atoms with E-state index in [1.807, 2.05) is 6.07 Å². The molecule has 0 amide bonds. The van der Waals surface area contributed by atoms with E-state index in [0.717, 1.165) is 34.3 Å². The number of nitrogens with two attached hydrogens (primary N) is 1. The van der Waals surface area contributed by atoms with Crippen LogP contribution in [0.4, 0.5) is 5.82 Å². The molecule has 0 radical (unpaired) electrons. The molecule has 0 aliphatic rings. The van der Waals surface area contributed by atoms with E-state index in [-0.39, 0.29) is 0 Å². The molecule has 1 aromatic carbocycles. The van der Waals surface area contributed by atoms with E-state index >= 15 is 0 Å². The number of benzene rings is 1. The van der Waals surface area contributed by atoms with Crippen LogP contribution in [0.15, 0.2) is 42.7 Å². The Morgan fingerprint density at radius 2 is 1.90 bits per heavy atom. The Hall–Kier alpha value is -2.49. The largest absolute Gasteiger partial charge is 0.384 e. The zero-order chi connectivity index (χ0) is 14.7. The van der Waals surface area contributed by atoms with Crippen LogP contribution in [-0.2, 0) is 6.42 Å². The van der Waals surface area contributed by atoms with Gasteiger partial charge in [-0.05, 0) is 25.0 Å². The third kappa shape index (κ3) is 2.99. The summed E-state index contributed by atoms with van der Waals surface area (Å²) in [5.41, 5.74) is 9.70. The minimum Gasteiger partial charge on any atom is -0.384 e. The van der Waals surface area contributed by atoms with Crippen molar-refractivity contribution in [1.82, 2.24) is 15.0 Å². The zero-order valence-corrected chi connectivity index (χ0v) is 12.1. The minimum absolute atomic E-state index is 0.477. The smallest absolute Gasteiger partial charge is 0.127 e. The highest BCUT2D eigenvalue weighted by molar-refractivity contribution is 5.83. The predicted octanol–water partition coefficient (Wildman–Crippen LogP) is 3.62. The maximum absolute atomic E-state index is 5.72. The lowest BCUT2D eigenvalue weighted by Crippen LogP contribution is -1.94. The molecule has 0 saturated heterocycles. The number of anilines is 1. The Morgan fingerprint density at radius 3 is 2.71 bits per heavy atom. The molecule has 0 bridgehead atoms. The lowest BCUT2D eigenvalue weighted by Gasteiger charge is -2.05. The van der Waals surface area contributed by atoms with Crippen LogP contribution in [0.1, 0.15) is 25.5 Å². The number of rotatable bonds is 4. The highest BCUT2D eigenvalue weighted by Gasteiger charge is 2.04. The van der Waals surface area contributed by atoms with Gasteiger partial charge in [-0.3, -0.25) is 4.98 Å². The number of hydrogen-bond acceptors (Lipinski definition) is 4. The summed E-state index contributed by atoms with van der Waals surface area (Å²) in [6, 6.07) is 12.2. The Labute approximate surface area is 124 Å². The van der Waals surface area contributed by atoms with Crippen molar-refractivity contribution in [3.8, 4) is 11.3 Å². The summed E-state index contributed by atoms with van der Waals surface area (Å²) in [4.78, 5) is 12.9. The van der Waals surface area contributed by atoms with E-state index in [1.165, 1.54) is 19.2 Å². The van der Waals surface area contributed by atoms with Gasteiger partial charge in [-0.2, -0.15) is 0 Å². The SMILES string of the molecule is CCCCc1ccc2ccc(-c3cc(N)ncn3)cc2n1. The second-order valence-electron chi connectivity index (χ2n) is 5.14. The van der Waals surface area contributed by atoms with E-state index in [9.17, 15) is 0 Å². The first kappa shape index (κ1) is 13.5. The topological polar surface area (TPSA) is 64.7 Å². The van der Waals surface area contributed by atoms with E-state index in [0.29, 0.717) is 5.82 Å². The molecule has 0 aliphatic heterocycles. The van der Waals surface area contributed by atoms with Gasteiger partial charge in [0.05, 0.1) is 11.2 Å². The number of nitrogen functional groups attached to an aromatic ring is 1. The molecular weight excluding hydrogens is 260 g/mol. The number of aryl methyl sites for hydroxylation is 1. The average molecular weight is 278 g/mol. The summed E-state index contributed by atoms with van der Waals surface area (Å²) in [5.74, 6) is 0.477. The normalized spacial score (nSPS) is 10.9. The van der Waals surface area contributed by atoms with Gasteiger partial charge in [0.25, 0.3) is 0 Å². The van der Waals surface area contributed by atoms with Crippen molar-refractivity contribution in [2.75, 3.05) is 5.73 Å². The fourth-order valence-corrected chi connectivity index (χ4v) is 2.35. The number of unbranched alkanes of at least 4 members (excludes halogenated alkanes) is 1. The third-order valence-electron chi connectivity index (χ3n) is 3.52. The number of aromatic nitrogens is 3. The summed E-state index contributed by atoms with van der Waals surface area (Å²) in [7, 11) is 0. The van der Waals surface area contributed by atoms with Gasteiger partial charge in [-0.15, -0.1) is 0 Å². The Balaban J connectivity index is 2.01. The van der Waals surface area contributed by atoms with Gasteiger partial charge in [0.2, 0.25) is 0 Å². The van der Waals surface area contributed by atoms with Crippen LogP contribution < -0.4 is 5.73 Å². The standard InChI is InChI=1S/C17H18N4/c1-2-3-4-14-8-7-12-5-6-13(9-16(12)21-14)15-10-17(18)20-11-19-15/h5-11H,2-4H2,1H3,(H2,18,19,20). The molecule has 0 unspecified atom stereocenters. The van der Waals surface area contributed by atoms with Crippen LogP contribution in [-0.4, -0.2) is 15.0 Å². The molecule has 0 saturated carbocycles. The maximum Gasteiger partial charge on any atom is 0.127 e. The van der Waals surface area contributed by atoms with Gasteiger partial charge in [-0.1, -0.05) is 31.5 Å². The predicted molar refractivity (Wildman–Crippen MR) is 85.8 cm³/mol. The highest BCUT2D eigenvalue weighted by Crippen LogP contribution is 2.23. The fraction of sp³-hybridized carbons (Fsp3) is 0.235. The van der Waals surface area contributed by atoms with Gasteiger partial charge >= 0.3 is 0 Å². The Morgan fingerprint density at radius 1 is 1.05 bits per heavy atom. The van der Waals surface area contributed by atoms with E-state index in [4.69, 9.17) is 10.7 Å². The second kappa shape index (κ2) is 5.87. The van der Waals surface area contributed by atoms with Crippen LogP contribution in [0.2, 0.25) is 0 Å². The average Bonchev–Trinajstić information content (AvgIpc) is 2.52. The van der Waals surface area contributed by atoms with E-state index in [1.54, 1.807) is 6.07 Å². The monoisotopic (exact) mass is 278 g/mol. The molecule has 21 heavy (non-hydrogen) atoms. The molecule has 0 spiro atoms. The molecular formula is C17H18N4. The molecule has 0 aliphatic carbocycles. The van der Waals surface area contributed by atoms with Crippen LogP contribution in [0.5, 0.6) is 0 Å². The summed E-state index contributed by atoms with van der Waals surface area (Å²) < 4.78 is 0. The summed E-state index contributed by atoms with van der Waals surface area (Å²) in [6.45, 7) is 2.19. The zero-order valence-electron chi connectivity index (χ0n) is 12.1. The molecule has 106 valence electrons. The van der Waals surface area contributed by atoms with Crippen molar-refractivity contribution in [1.29, 1.82) is 0 Å². The van der Waals surface area contributed by atoms with Gasteiger partial charge < -0.3 is 5.73 Å². The maximum atomic E-state index is 5.72. The first-order valence-corrected chi connectivity index (χ1v) is 7.24. The number of hydrogen-bond donors (Lipinski definition) is 1. The third-order valence-corrected chi connectivity index (χ3v) is 3.52. The van der Waals surface area contributed by atoms with Crippen molar-refractivity contribution in [3.63, 3.8) is 0 Å². The van der Waals surface area contributed by atoms with Crippen molar-refractivity contribution < 1.29 is 0 Å². The second-order valence-corrected chi connectivity index (χ2v) is 5.14. The number of nitrogens with zero attached hydrogens (tertiary/aromatic N) is 3. The first-order valence-electron chi connectivity index (χ1n) is 7.24. The van der Waals surface area contributed by atoms with Crippen LogP contribution in [0, 0.1) is 0 Å². The van der Waals surface area contributed by atoms with Gasteiger partial charge in [0.15, 0.2) is 0 Å². The van der Waals surface area contributed by atoms with Crippen molar-refractivity contribution in [3.05, 3.63) is 48.4 Å². The van der Waals surface area contributed by atoms with E-state index < -0.39 is 0 Å². The van der Waals surface area contributed by atoms with E-state index in [2.05, 4.69) is 41.2 Å². The first-order chi connectivity index (χ1) is 10.3. The molecule has 0 atom stereocenters. The summed E-state index contributed by atoms with van der Waals surface area (Å²) in [6.07, 6.45) is 4.86. The quantitative estimate of drug-likeness (QED) is 0.791. The molecule has 2 aromatic heterocycles. The Bertz CT molecular complexity index is 768. The van der Waals surface area contributed by atoms with Crippen LogP contribution in [0.3, 0.4) is 0 Å². The van der Waals surface area contributed by atoms with Gasteiger partial charge in [-0.25, -0.2) is 9.97 Å². The molecule has 0 fully saturated rings. The lowest BCUT2D eigenvalue weighted by molar-refractivity contribution is 0.780. The summed E-state index contributed by atoms with van der Waals surface area (Å²) in [5, 5.41) is 1.14. The molecule has 2 heterocycles. The van der Waals surface area contributed by atoms with Crippen molar-refractivity contribution in [2.24, 2.45) is 0 Å². The highest BCUT2D eigenvalue weighted by atomic mass is 14.9. The molecule has 3 rings (SSSR count). The number of fused-ring (bicyclic) bond motifs is 1. The fourth-order valence-electron chi connectivity index (χ4n) is 2.35. The van der Waals surface area contributed by atoms with Gasteiger partial charge in [0.1, 0.15) is 12.1 Å². The summed E-state index contributed by atoms with van der Waals surface area (Å²) >= 11 is 0. The molecule has 3 aromatic rings. The minimum atomic E-state index is 0.477. The van der Waals surface area contributed by atoms with Crippen LogP contribution in [0.25, 0.3) is 22.2 Å². The van der Waals surface area contributed by atoms with Crippen molar-refractivity contribution >= 4 is 16.7 Å². The molecule has 2 N–H and O–H groups in total.